The quantitative estimate of drug-likeness (QED) is 0.341. The zero-order valence-electron chi connectivity index (χ0n) is 23.1. The van der Waals surface area contributed by atoms with Gasteiger partial charge in [-0.1, -0.05) is 66.7 Å². The number of halogens is 3. The lowest BCUT2D eigenvalue weighted by molar-refractivity contribution is -0.138. The van der Waals surface area contributed by atoms with Crippen molar-refractivity contribution in [2.75, 3.05) is 20.6 Å². The maximum Gasteiger partial charge on any atom is 0.417 e. The molecule has 3 aromatic rings. The molecule has 0 N–H and O–H groups in total. The number of rotatable bonds is 4. The molecule has 3 nitrogen and oxygen atoms in total. The minimum Gasteiger partial charge on any atom is -0.329 e. The van der Waals surface area contributed by atoms with E-state index in [9.17, 15) is 18.0 Å². The summed E-state index contributed by atoms with van der Waals surface area (Å²) in [6.07, 6.45) is 0.884. The third-order valence-electron chi connectivity index (χ3n) is 9.78. The molecule has 208 valence electrons. The van der Waals surface area contributed by atoms with E-state index in [1.54, 1.807) is 0 Å². The van der Waals surface area contributed by atoms with Crippen molar-refractivity contribution in [3.8, 4) is 0 Å². The predicted molar refractivity (Wildman–Crippen MR) is 152 cm³/mol. The van der Waals surface area contributed by atoms with Gasteiger partial charge in [0.1, 0.15) is 0 Å². The Hall–Kier alpha value is -3.38. The number of likely N-dealkylation sites (N-methyl/N-ethyl adjacent to an activating group) is 1. The van der Waals surface area contributed by atoms with Crippen LogP contribution >= 0.6 is 0 Å². The largest absolute Gasteiger partial charge is 0.417 e. The minimum atomic E-state index is -4.59. The average molecular weight is 545 g/mol. The van der Waals surface area contributed by atoms with E-state index in [2.05, 4.69) is 61.5 Å². The molecule has 6 rings (SSSR count). The van der Waals surface area contributed by atoms with Gasteiger partial charge in [0.2, 0.25) is 0 Å². The minimum absolute atomic E-state index is 0.0885. The van der Waals surface area contributed by atoms with Crippen molar-refractivity contribution in [2.24, 2.45) is 0 Å². The van der Waals surface area contributed by atoms with Crippen LogP contribution in [0.15, 0.2) is 84.4 Å². The predicted octanol–water partition coefficient (Wildman–Crippen LogP) is 7.42. The van der Waals surface area contributed by atoms with Gasteiger partial charge in [-0.15, -0.1) is 0 Å². The number of alkyl halides is 3. The Morgan fingerprint density at radius 2 is 1.52 bits per heavy atom. The first-order valence-corrected chi connectivity index (χ1v) is 14.1. The number of amides is 1. The summed E-state index contributed by atoms with van der Waals surface area (Å²) in [5.74, 6) is -0.504. The van der Waals surface area contributed by atoms with Gasteiger partial charge in [-0.3, -0.25) is 4.79 Å². The summed E-state index contributed by atoms with van der Waals surface area (Å²) in [7, 11) is 4.25. The first-order valence-electron chi connectivity index (χ1n) is 14.1. The second-order valence-electron chi connectivity index (χ2n) is 11.9. The summed E-state index contributed by atoms with van der Waals surface area (Å²) in [5, 5.41) is 0. The molecule has 40 heavy (non-hydrogen) atoms. The topological polar surface area (TPSA) is 23.6 Å². The van der Waals surface area contributed by atoms with E-state index in [1.807, 2.05) is 17.0 Å². The molecule has 1 saturated carbocycles. The van der Waals surface area contributed by atoms with Gasteiger partial charge in [0.25, 0.3) is 5.91 Å². The molecular weight excluding hydrogens is 509 g/mol. The van der Waals surface area contributed by atoms with E-state index in [-0.39, 0.29) is 11.1 Å². The number of carbonyl (C=O) groups is 1. The van der Waals surface area contributed by atoms with Crippen LogP contribution in [0.3, 0.4) is 0 Å². The smallest absolute Gasteiger partial charge is 0.329 e. The fourth-order valence-electron chi connectivity index (χ4n) is 7.58. The Balaban J connectivity index is 1.42. The van der Waals surface area contributed by atoms with E-state index >= 15 is 0 Å². The fourth-order valence-corrected chi connectivity index (χ4v) is 7.58. The van der Waals surface area contributed by atoms with Gasteiger partial charge in [-0.05, 0) is 99.0 Å². The Kier molecular flexibility index (Phi) is 6.65. The van der Waals surface area contributed by atoms with Crippen LogP contribution in [0.5, 0.6) is 0 Å². The molecule has 3 aromatic carbocycles. The third-order valence-corrected chi connectivity index (χ3v) is 9.78. The molecular formula is C34H35F3N2O. The van der Waals surface area contributed by atoms with Gasteiger partial charge in [-0.2, -0.15) is 13.2 Å². The van der Waals surface area contributed by atoms with E-state index in [1.165, 1.54) is 46.0 Å². The van der Waals surface area contributed by atoms with E-state index in [0.29, 0.717) is 13.0 Å². The highest BCUT2D eigenvalue weighted by atomic mass is 19.4. The second kappa shape index (κ2) is 9.91. The number of carbonyl (C=O) groups excluding carboxylic acids is 1. The van der Waals surface area contributed by atoms with E-state index < -0.39 is 23.2 Å². The van der Waals surface area contributed by atoms with Crippen molar-refractivity contribution < 1.29 is 18.0 Å². The van der Waals surface area contributed by atoms with Crippen LogP contribution in [0.1, 0.15) is 64.7 Å². The molecule has 0 radical (unpaired) electrons. The van der Waals surface area contributed by atoms with Crippen molar-refractivity contribution in [3.63, 3.8) is 0 Å². The molecule has 1 heterocycles. The first-order chi connectivity index (χ1) is 19.1. The molecule has 0 saturated heterocycles. The van der Waals surface area contributed by atoms with Crippen molar-refractivity contribution in [2.45, 2.75) is 62.2 Å². The Labute approximate surface area is 234 Å². The molecule has 1 spiro atoms. The molecule has 6 heteroatoms. The highest BCUT2D eigenvalue weighted by molar-refractivity contribution is 5.98. The first kappa shape index (κ1) is 26.8. The second-order valence-corrected chi connectivity index (χ2v) is 11.9. The Morgan fingerprint density at radius 1 is 0.875 bits per heavy atom. The van der Waals surface area contributed by atoms with Crippen molar-refractivity contribution in [3.05, 3.63) is 112 Å². The molecule has 2 aliphatic carbocycles. The molecule has 1 aliphatic heterocycles. The Morgan fingerprint density at radius 3 is 2.23 bits per heavy atom. The lowest BCUT2D eigenvalue weighted by atomic mass is 9.64. The van der Waals surface area contributed by atoms with Gasteiger partial charge in [0.05, 0.1) is 16.7 Å². The zero-order valence-corrected chi connectivity index (χ0v) is 23.1. The summed E-state index contributed by atoms with van der Waals surface area (Å²) < 4.78 is 42.0. The van der Waals surface area contributed by atoms with Crippen molar-refractivity contribution in [1.29, 1.82) is 0 Å². The van der Waals surface area contributed by atoms with Crippen LogP contribution in [0.2, 0.25) is 0 Å². The number of benzene rings is 3. The molecule has 1 amide bonds. The number of nitrogens with zero attached hydrogens (tertiary/aromatic N) is 2. The van der Waals surface area contributed by atoms with Crippen LogP contribution in [-0.4, -0.2) is 47.4 Å². The summed E-state index contributed by atoms with van der Waals surface area (Å²) in [5.41, 5.74) is 4.52. The van der Waals surface area contributed by atoms with E-state index in [0.717, 1.165) is 44.6 Å². The molecule has 0 atom stereocenters. The molecule has 3 aliphatic rings. The van der Waals surface area contributed by atoms with Gasteiger partial charge in [0.15, 0.2) is 0 Å². The van der Waals surface area contributed by atoms with Gasteiger partial charge < -0.3 is 9.80 Å². The summed E-state index contributed by atoms with van der Waals surface area (Å²) in [6, 6.07) is 24.1. The SMILES string of the molecule is CN(C)C1(Cc2ccccc2)CCC2(CC1)C1=C(CCN2C(=O)c2ccccc2C(F)(F)F)c2ccccc2C1. The molecule has 0 bridgehead atoms. The highest BCUT2D eigenvalue weighted by Crippen LogP contribution is 2.54. The lowest BCUT2D eigenvalue weighted by Crippen LogP contribution is -2.61. The summed E-state index contributed by atoms with van der Waals surface area (Å²) in [4.78, 5) is 18.3. The molecule has 0 aromatic heterocycles. The van der Waals surface area contributed by atoms with Crippen LogP contribution in [0.4, 0.5) is 13.2 Å². The van der Waals surface area contributed by atoms with Crippen LogP contribution in [0, 0.1) is 0 Å². The maximum atomic E-state index is 14.2. The standard InChI is InChI=1S/C34H35F3N2O/c1-38(2)32(23-24-10-4-3-5-11-24)17-19-33(20-18-32)30-22-25-12-6-7-13-26(25)27(30)16-21-39(33)31(40)28-14-8-9-15-29(28)34(35,36)37/h3-15H,16-23H2,1-2H3. The van der Waals surface area contributed by atoms with E-state index in [4.69, 9.17) is 0 Å². The fraction of sp³-hybridized carbons (Fsp3) is 0.382. The summed E-state index contributed by atoms with van der Waals surface area (Å²) in [6.45, 7) is 0.422. The van der Waals surface area contributed by atoms with Gasteiger partial charge in [0, 0.05) is 12.1 Å². The third kappa shape index (κ3) is 4.37. The molecule has 0 unspecified atom stereocenters. The van der Waals surface area contributed by atoms with Crippen LogP contribution in [0.25, 0.3) is 5.57 Å². The normalized spacial score (nSPS) is 24.4. The summed E-state index contributed by atoms with van der Waals surface area (Å²) >= 11 is 0. The van der Waals surface area contributed by atoms with Crippen molar-refractivity contribution in [1.82, 2.24) is 9.80 Å². The van der Waals surface area contributed by atoms with Gasteiger partial charge in [-0.25, -0.2) is 0 Å². The molecule has 1 fully saturated rings. The monoisotopic (exact) mass is 544 g/mol. The number of hydrogen-bond acceptors (Lipinski definition) is 2. The number of fused-ring (bicyclic) bond motifs is 3. The van der Waals surface area contributed by atoms with Crippen molar-refractivity contribution >= 4 is 11.5 Å². The highest BCUT2D eigenvalue weighted by Gasteiger charge is 2.54. The Bertz CT molecular complexity index is 1450. The van der Waals surface area contributed by atoms with Crippen LogP contribution in [-0.2, 0) is 19.0 Å². The van der Waals surface area contributed by atoms with Gasteiger partial charge >= 0.3 is 6.18 Å². The average Bonchev–Trinajstić information content (AvgIpc) is 3.34. The van der Waals surface area contributed by atoms with Crippen LogP contribution < -0.4 is 0 Å². The lowest BCUT2D eigenvalue weighted by Gasteiger charge is -2.56. The maximum absolute atomic E-state index is 14.2. The zero-order chi connectivity index (χ0) is 28.1. The number of hydrogen-bond donors (Lipinski definition) is 0.